The van der Waals surface area contributed by atoms with Gasteiger partial charge in [0.05, 0.1) is 4.90 Å². The molecule has 0 unspecified atom stereocenters. The van der Waals surface area contributed by atoms with E-state index in [1.807, 2.05) is 0 Å². The molecule has 0 aliphatic carbocycles. The van der Waals surface area contributed by atoms with E-state index in [1.165, 1.54) is 12.1 Å². The van der Waals surface area contributed by atoms with Gasteiger partial charge in [0.15, 0.2) is 0 Å². The summed E-state index contributed by atoms with van der Waals surface area (Å²) in [5.74, 6) is -1.06. The molecule has 1 aliphatic rings. The maximum Gasteiger partial charge on any atom is 0.305 e. The van der Waals surface area contributed by atoms with Gasteiger partial charge in [-0.15, -0.1) is 0 Å². The molecule has 1 aliphatic heterocycles. The van der Waals surface area contributed by atoms with Crippen LogP contribution in [0, 0.1) is 10.1 Å². The van der Waals surface area contributed by atoms with Crippen molar-refractivity contribution in [1.82, 2.24) is 0 Å². The first-order chi connectivity index (χ1) is 7.99. The zero-order chi connectivity index (χ0) is 12.5. The number of benzene rings is 1. The predicted octanol–water partition coefficient (Wildman–Crippen LogP) is 1.05. The highest BCUT2D eigenvalue weighted by Gasteiger charge is 2.22. The fourth-order valence-electron chi connectivity index (χ4n) is 1.85. The molecule has 0 bridgehead atoms. The van der Waals surface area contributed by atoms with Gasteiger partial charge in [-0.2, -0.15) is 0 Å². The molecule has 1 heterocycles. The van der Waals surface area contributed by atoms with Crippen molar-refractivity contribution < 1.29 is 13.3 Å². The van der Waals surface area contributed by atoms with Gasteiger partial charge >= 0.3 is 5.88 Å². The molecule has 1 aromatic carbocycles. The van der Waals surface area contributed by atoms with E-state index in [0.29, 0.717) is 0 Å². The minimum absolute atomic E-state index is 0.00218. The minimum Gasteiger partial charge on any atom is -0.385 e. The van der Waals surface area contributed by atoms with Gasteiger partial charge in [0.25, 0.3) is 0 Å². The maximum absolute atomic E-state index is 11.7. The second-order valence-electron chi connectivity index (χ2n) is 3.93. The van der Waals surface area contributed by atoms with E-state index in [-0.39, 0.29) is 4.90 Å². The third-order valence-electron chi connectivity index (χ3n) is 2.65. The Morgan fingerprint density at radius 1 is 1.41 bits per heavy atom. The summed E-state index contributed by atoms with van der Waals surface area (Å²) in [6.07, 6.45) is 1.91. The monoisotopic (exact) mass is 256 g/mol. The first-order valence-electron chi connectivity index (χ1n) is 5.20. The van der Waals surface area contributed by atoms with Crippen LogP contribution in [0.25, 0.3) is 0 Å². The Hall–Kier alpha value is -1.63. The summed E-state index contributed by atoms with van der Waals surface area (Å²) in [7, 11) is -3.83. The van der Waals surface area contributed by atoms with Crippen molar-refractivity contribution >= 4 is 15.5 Å². The van der Waals surface area contributed by atoms with Crippen LogP contribution in [0.1, 0.15) is 12.0 Å². The molecule has 1 N–H and O–H groups in total. The fourth-order valence-corrected chi connectivity index (χ4v) is 2.85. The van der Waals surface area contributed by atoms with Crippen LogP contribution in [-0.4, -0.2) is 25.8 Å². The summed E-state index contributed by atoms with van der Waals surface area (Å²) in [5, 5.41) is 13.4. The van der Waals surface area contributed by atoms with Crippen LogP contribution in [0.3, 0.4) is 0 Å². The van der Waals surface area contributed by atoms with Gasteiger partial charge in [-0.1, -0.05) is 6.07 Å². The first kappa shape index (κ1) is 11.8. The second kappa shape index (κ2) is 4.33. The van der Waals surface area contributed by atoms with E-state index in [4.69, 9.17) is 0 Å². The molecular formula is C10H12N2O4S. The van der Waals surface area contributed by atoms with Crippen LogP contribution in [0.4, 0.5) is 5.69 Å². The van der Waals surface area contributed by atoms with E-state index < -0.39 is 20.6 Å². The maximum atomic E-state index is 11.7. The molecule has 0 radical (unpaired) electrons. The van der Waals surface area contributed by atoms with Crippen molar-refractivity contribution in [2.75, 3.05) is 17.7 Å². The number of aryl methyl sites for hydroxylation is 1. The highest BCUT2D eigenvalue weighted by Crippen LogP contribution is 2.25. The molecule has 92 valence electrons. The zero-order valence-corrected chi connectivity index (χ0v) is 9.87. The molecule has 0 atom stereocenters. The van der Waals surface area contributed by atoms with E-state index >= 15 is 0 Å². The van der Waals surface area contributed by atoms with E-state index in [9.17, 15) is 18.5 Å². The average Bonchev–Trinajstić information content (AvgIpc) is 2.26. The van der Waals surface area contributed by atoms with Crippen molar-refractivity contribution in [2.45, 2.75) is 17.7 Å². The van der Waals surface area contributed by atoms with Crippen LogP contribution in [0.5, 0.6) is 0 Å². The largest absolute Gasteiger partial charge is 0.385 e. The van der Waals surface area contributed by atoms with Crippen LogP contribution < -0.4 is 5.32 Å². The van der Waals surface area contributed by atoms with Crippen LogP contribution in [0.15, 0.2) is 23.1 Å². The number of nitrogens with one attached hydrogen (secondary N) is 1. The number of anilines is 1. The van der Waals surface area contributed by atoms with Crippen molar-refractivity contribution in [3.63, 3.8) is 0 Å². The third-order valence-corrected chi connectivity index (χ3v) is 4.18. The van der Waals surface area contributed by atoms with Gasteiger partial charge in [-0.25, -0.2) is 8.42 Å². The number of nitrogens with zero attached hydrogens (tertiary/aromatic N) is 1. The molecule has 0 saturated carbocycles. The molecule has 2 rings (SSSR count). The highest BCUT2D eigenvalue weighted by atomic mass is 32.2. The molecule has 0 amide bonds. The summed E-state index contributed by atoms with van der Waals surface area (Å²) in [6, 6.07) is 4.63. The molecule has 0 aromatic heterocycles. The summed E-state index contributed by atoms with van der Waals surface area (Å²) in [5.41, 5.74) is 1.82. The molecule has 7 heteroatoms. The normalized spacial score (nSPS) is 14.8. The summed E-state index contributed by atoms with van der Waals surface area (Å²) in [4.78, 5) is 9.46. The molecule has 0 spiro atoms. The molecule has 0 saturated heterocycles. The van der Waals surface area contributed by atoms with E-state index in [0.717, 1.165) is 30.6 Å². The summed E-state index contributed by atoms with van der Waals surface area (Å²) in [6.45, 7) is 0.797. The molecular weight excluding hydrogens is 244 g/mol. The second-order valence-corrected chi connectivity index (χ2v) is 5.88. The SMILES string of the molecule is O=[N+]([O-])CS(=O)(=O)c1ccc2c(c1)NCCC2. The van der Waals surface area contributed by atoms with Crippen LogP contribution in [-0.2, 0) is 16.3 Å². The van der Waals surface area contributed by atoms with E-state index in [1.54, 1.807) is 6.07 Å². The van der Waals surface area contributed by atoms with Crippen LogP contribution >= 0.6 is 0 Å². The number of hydrogen-bond donors (Lipinski definition) is 1. The number of hydrogen-bond acceptors (Lipinski definition) is 5. The topological polar surface area (TPSA) is 89.3 Å². The Morgan fingerprint density at radius 2 is 2.18 bits per heavy atom. The lowest BCUT2D eigenvalue weighted by Gasteiger charge is -2.18. The van der Waals surface area contributed by atoms with Crippen LogP contribution in [0.2, 0.25) is 0 Å². The smallest absolute Gasteiger partial charge is 0.305 e. The van der Waals surface area contributed by atoms with Gasteiger partial charge in [-0.3, -0.25) is 10.1 Å². The Labute approximate surface area is 98.7 Å². The van der Waals surface area contributed by atoms with Crippen molar-refractivity contribution in [3.05, 3.63) is 33.9 Å². The first-order valence-corrected chi connectivity index (χ1v) is 6.85. The quantitative estimate of drug-likeness (QED) is 0.645. The van der Waals surface area contributed by atoms with Gasteiger partial charge in [-0.05, 0) is 30.5 Å². The molecule has 1 aromatic rings. The third kappa shape index (κ3) is 2.55. The Kier molecular flexibility index (Phi) is 3.01. The zero-order valence-electron chi connectivity index (χ0n) is 9.05. The predicted molar refractivity (Wildman–Crippen MR) is 62.3 cm³/mol. The molecule has 17 heavy (non-hydrogen) atoms. The van der Waals surface area contributed by atoms with Gasteiger partial charge in [0, 0.05) is 17.2 Å². The average molecular weight is 256 g/mol. The Bertz CT molecular complexity index is 553. The number of rotatable bonds is 3. The fraction of sp³-hybridized carbons (Fsp3) is 0.400. The summed E-state index contributed by atoms with van der Waals surface area (Å²) >= 11 is 0. The van der Waals surface area contributed by atoms with Crippen molar-refractivity contribution in [1.29, 1.82) is 0 Å². The van der Waals surface area contributed by atoms with Crippen molar-refractivity contribution in [3.8, 4) is 0 Å². The number of sulfone groups is 1. The molecule has 0 fully saturated rings. The Balaban J connectivity index is 2.37. The van der Waals surface area contributed by atoms with Gasteiger partial charge in [0.1, 0.15) is 0 Å². The lowest BCUT2D eigenvalue weighted by molar-refractivity contribution is -0.458. The summed E-state index contributed by atoms with van der Waals surface area (Å²) < 4.78 is 23.3. The standard InChI is InChI=1S/C10H12N2O4S/c13-12(14)7-17(15,16)9-4-3-8-2-1-5-11-10(8)6-9/h3-4,6,11H,1-2,5,7H2. The molecule has 6 nitrogen and oxygen atoms in total. The lowest BCUT2D eigenvalue weighted by Crippen LogP contribution is -2.16. The Morgan fingerprint density at radius 3 is 2.88 bits per heavy atom. The van der Waals surface area contributed by atoms with Gasteiger partial charge in [0.2, 0.25) is 9.84 Å². The minimum atomic E-state index is -3.83. The lowest BCUT2D eigenvalue weighted by atomic mass is 10.0. The van der Waals surface area contributed by atoms with E-state index in [2.05, 4.69) is 5.32 Å². The van der Waals surface area contributed by atoms with Gasteiger partial charge < -0.3 is 5.32 Å². The number of nitro groups is 1. The highest BCUT2D eigenvalue weighted by molar-refractivity contribution is 7.91. The van der Waals surface area contributed by atoms with Crippen molar-refractivity contribution in [2.24, 2.45) is 0 Å². The number of fused-ring (bicyclic) bond motifs is 1.